The van der Waals surface area contributed by atoms with Crippen LogP contribution in [0.5, 0.6) is 5.75 Å². The molecule has 0 amide bonds. The summed E-state index contributed by atoms with van der Waals surface area (Å²) in [5, 5.41) is 1.08. The summed E-state index contributed by atoms with van der Waals surface area (Å²) in [6, 6.07) is 16.6. The Morgan fingerprint density at radius 1 is 0.800 bits per heavy atom. The lowest BCUT2D eigenvalue weighted by molar-refractivity contribution is -0.137. The third-order valence-corrected chi connectivity index (χ3v) is 8.24. The number of benzene rings is 2. The van der Waals surface area contributed by atoms with E-state index < -0.39 is 0 Å². The van der Waals surface area contributed by atoms with Crippen molar-refractivity contribution in [2.45, 2.75) is 96.8 Å². The van der Waals surface area contributed by atoms with Gasteiger partial charge in [0.15, 0.2) is 0 Å². The van der Waals surface area contributed by atoms with Gasteiger partial charge in [-0.05, 0) is 66.5 Å². The van der Waals surface area contributed by atoms with Crippen molar-refractivity contribution in [1.29, 1.82) is 0 Å². The summed E-state index contributed by atoms with van der Waals surface area (Å²) in [7, 11) is 0. The molecule has 0 atom stereocenters. The van der Waals surface area contributed by atoms with Crippen molar-refractivity contribution in [2.75, 3.05) is 13.2 Å². The van der Waals surface area contributed by atoms with Crippen molar-refractivity contribution >= 4 is 27.4 Å². The van der Waals surface area contributed by atoms with Gasteiger partial charge >= 0.3 is 5.97 Å². The fraction of sp³-hybridized carbons (Fsp3) is 0.486. The minimum atomic E-state index is -0.329. The van der Waals surface area contributed by atoms with E-state index in [-0.39, 0.29) is 10.7 Å². The van der Waals surface area contributed by atoms with Crippen molar-refractivity contribution in [1.82, 2.24) is 0 Å². The highest BCUT2D eigenvalue weighted by atomic mass is 32.1. The van der Waals surface area contributed by atoms with Crippen molar-refractivity contribution in [2.24, 2.45) is 0 Å². The van der Waals surface area contributed by atoms with Crippen LogP contribution >= 0.6 is 11.3 Å². The molecule has 3 aromatic rings. The van der Waals surface area contributed by atoms with Crippen molar-refractivity contribution in [3.05, 3.63) is 76.3 Å². The summed E-state index contributed by atoms with van der Waals surface area (Å²) < 4.78 is 12.1. The molecule has 0 radical (unpaired) electrons. The zero-order valence-corrected chi connectivity index (χ0v) is 25.1. The summed E-state index contributed by atoms with van der Waals surface area (Å²) in [5.74, 6) is 0.511. The van der Waals surface area contributed by atoms with Gasteiger partial charge in [0.1, 0.15) is 5.75 Å². The molecule has 1 heterocycles. The highest BCUT2D eigenvalue weighted by Crippen LogP contribution is 2.27. The molecule has 0 N–H and O–H groups in total. The third-order valence-electron chi connectivity index (χ3n) is 7.26. The van der Waals surface area contributed by atoms with Gasteiger partial charge in [0.05, 0.1) is 13.2 Å². The number of unbranched alkanes of at least 4 members (excludes halogenated alkanes) is 11. The number of hydrogen-bond acceptors (Lipinski definition) is 5. The number of esters is 1. The van der Waals surface area contributed by atoms with Gasteiger partial charge in [0.2, 0.25) is 4.74 Å². The zero-order chi connectivity index (χ0) is 28.4. The molecule has 4 nitrogen and oxygen atoms in total. The Morgan fingerprint density at radius 2 is 1.45 bits per heavy atom. The number of rotatable bonds is 20. The minimum Gasteiger partial charge on any atom is -0.494 e. The van der Waals surface area contributed by atoms with Crippen molar-refractivity contribution in [3.8, 4) is 16.9 Å². The Labute approximate surface area is 244 Å². The number of ether oxygens (including phenoxy) is 2. The van der Waals surface area contributed by atoms with Gasteiger partial charge in [-0.15, -0.1) is 0 Å². The summed E-state index contributed by atoms with van der Waals surface area (Å²) in [5.41, 5.74) is 3.11. The van der Waals surface area contributed by atoms with Gasteiger partial charge < -0.3 is 9.47 Å². The SMILES string of the molecule is C=CC(=O)OCCCCCCCCCCCCOc1ccc2cc(-c3ccc(CCCCC)cc3)c(=O)sc2c1. The van der Waals surface area contributed by atoms with Gasteiger partial charge in [-0.1, -0.05) is 113 Å². The van der Waals surface area contributed by atoms with Gasteiger partial charge in [0, 0.05) is 16.3 Å². The quantitative estimate of drug-likeness (QED) is 0.0781. The molecule has 0 saturated carbocycles. The monoisotopic (exact) mass is 562 g/mol. The van der Waals surface area contributed by atoms with Gasteiger partial charge in [-0.25, -0.2) is 4.79 Å². The Hall–Kier alpha value is -2.92. The second kappa shape index (κ2) is 18.4. The number of fused-ring (bicyclic) bond motifs is 1. The summed E-state index contributed by atoms with van der Waals surface area (Å²) in [6.45, 7) is 6.83. The third kappa shape index (κ3) is 11.3. The maximum atomic E-state index is 12.9. The highest BCUT2D eigenvalue weighted by molar-refractivity contribution is 7.16. The summed E-state index contributed by atoms with van der Waals surface area (Å²) in [4.78, 5) is 23.9. The van der Waals surface area contributed by atoms with Crippen LogP contribution in [0.4, 0.5) is 0 Å². The second-order valence-electron chi connectivity index (χ2n) is 10.6. The van der Waals surface area contributed by atoms with Crippen LogP contribution in [0.3, 0.4) is 0 Å². The standard InChI is InChI=1S/C35H46O4S/c1-3-5-14-17-28-18-20-29(21-19-28)32-26-30-22-23-31(27-33(30)40-35(32)37)38-24-15-12-10-8-6-7-9-11-13-16-25-39-34(36)4-2/h4,18-23,26-27H,2-3,5-17,24-25H2,1H3. The van der Waals surface area contributed by atoms with E-state index >= 15 is 0 Å². The molecule has 1 aromatic heterocycles. The highest BCUT2D eigenvalue weighted by Gasteiger charge is 2.08. The zero-order valence-electron chi connectivity index (χ0n) is 24.3. The van der Waals surface area contributed by atoms with E-state index in [0.29, 0.717) is 13.2 Å². The minimum absolute atomic E-state index is 0.0948. The number of hydrogen-bond donors (Lipinski definition) is 0. The molecule has 0 saturated heterocycles. The summed E-state index contributed by atoms with van der Waals surface area (Å²) in [6.07, 6.45) is 17.8. The molecule has 0 aliphatic carbocycles. The molecular weight excluding hydrogens is 516 g/mol. The van der Waals surface area contributed by atoms with E-state index in [4.69, 9.17) is 9.47 Å². The van der Waals surface area contributed by atoms with Crippen LogP contribution in [-0.2, 0) is 16.0 Å². The molecule has 0 bridgehead atoms. The van der Waals surface area contributed by atoms with Crippen LogP contribution in [0.25, 0.3) is 21.2 Å². The van der Waals surface area contributed by atoms with Crippen LogP contribution in [0.2, 0.25) is 0 Å². The maximum absolute atomic E-state index is 12.9. The molecule has 3 rings (SSSR count). The maximum Gasteiger partial charge on any atom is 0.330 e. The molecular formula is C35H46O4S. The van der Waals surface area contributed by atoms with Crippen molar-refractivity contribution in [3.63, 3.8) is 0 Å². The van der Waals surface area contributed by atoms with Crippen LogP contribution in [0.15, 0.2) is 66.0 Å². The lowest BCUT2D eigenvalue weighted by Gasteiger charge is -2.08. The molecule has 0 aliphatic heterocycles. The molecule has 0 aliphatic rings. The average Bonchev–Trinajstić information content (AvgIpc) is 2.97. The topological polar surface area (TPSA) is 52.6 Å². The average molecular weight is 563 g/mol. The van der Waals surface area contributed by atoms with Crippen LogP contribution in [-0.4, -0.2) is 19.2 Å². The molecule has 216 valence electrons. The smallest absolute Gasteiger partial charge is 0.330 e. The van der Waals surface area contributed by atoms with E-state index in [1.807, 2.05) is 18.2 Å². The lowest BCUT2D eigenvalue weighted by atomic mass is 10.0. The van der Waals surface area contributed by atoms with Crippen LogP contribution in [0, 0.1) is 0 Å². The molecule has 0 spiro atoms. The molecule has 5 heteroatoms. The number of carbonyl (C=O) groups excluding carboxylic acids is 1. The number of aryl methyl sites for hydroxylation is 1. The predicted octanol–water partition coefficient (Wildman–Crippen LogP) is 9.67. The van der Waals surface area contributed by atoms with E-state index in [9.17, 15) is 9.59 Å². The van der Waals surface area contributed by atoms with Gasteiger partial charge in [0.25, 0.3) is 0 Å². The fourth-order valence-electron chi connectivity index (χ4n) is 4.85. The van der Waals surface area contributed by atoms with Crippen LogP contribution in [0.1, 0.15) is 96.0 Å². The predicted molar refractivity (Wildman–Crippen MR) is 170 cm³/mol. The first kappa shape index (κ1) is 31.6. The largest absolute Gasteiger partial charge is 0.494 e. The van der Waals surface area contributed by atoms with Gasteiger partial charge in [-0.2, -0.15) is 0 Å². The lowest BCUT2D eigenvalue weighted by Crippen LogP contribution is -2.01. The second-order valence-corrected chi connectivity index (χ2v) is 11.6. The Balaban J connectivity index is 1.31. The van der Waals surface area contributed by atoms with Crippen LogP contribution < -0.4 is 9.48 Å². The molecule has 0 fully saturated rings. The van der Waals surface area contributed by atoms with E-state index in [2.05, 4.69) is 43.8 Å². The Kier molecular flexibility index (Phi) is 14.6. The Morgan fingerprint density at radius 3 is 2.10 bits per heavy atom. The molecule has 40 heavy (non-hydrogen) atoms. The first-order chi connectivity index (χ1) is 19.6. The normalized spacial score (nSPS) is 11.0. The first-order valence-corrected chi connectivity index (χ1v) is 16.0. The van der Waals surface area contributed by atoms with E-state index in [1.165, 1.54) is 87.2 Å². The fourth-order valence-corrected chi connectivity index (χ4v) is 5.76. The molecule has 2 aromatic carbocycles. The number of carbonyl (C=O) groups is 1. The summed E-state index contributed by atoms with van der Waals surface area (Å²) >= 11 is 1.30. The van der Waals surface area contributed by atoms with Crippen molar-refractivity contribution < 1.29 is 14.3 Å². The van der Waals surface area contributed by atoms with Gasteiger partial charge in [-0.3, -0.25) is 4.79 Å². The molecule has 0 unspecified atom stereocenters. The first-order valence-electron chi connectivity index (χ1n) is 15.2. The van der Waals surface area contributed by atoms with E-state index in [0.717, 1.165) is 52.6 Å². The Bertz CT molecular complexity index is 1230. The van der Waals surface area contributed by atoms with E-state index in [1.54, 1.807) is 0 Å².